The van der Waals surface area contributed by atoms with E-state index >= 15 is 0 Å². The predicted molar refractivity (Wildman–Crippen MR) is 96.4 cm³/mol. The van der Waals surface area contributed by atoms with Gasteiger partial charge in [0.15, 0.2) is 0 Å². The van der Waals surface area contributed by atoms with E-state index in [0.717, 1.165) is 36.0 Å². The summed E-state index contributed by atoms with van der Waals surface area (Å²) in [5.41, 5.74) is 3.67. The molecule has 1 aliphatic carbocycles. The summed E-state index contributed by atoms with van der Waals surface area (Å²) in [7, 11) is -2.11. The average Bonchev–Trinajstić information content (AvgIpc) is 2.82. The number of aryl methyl sites for hydroxylation is 2. The molecule has 1 aromatic heterocycles. The number of hydrogen-bond acceptors (Lipinski definition) is 5. The molecule has 2 aromatic rings. The molecule has 0 saturated carbocycles. The van der Waals surface area contributed by atoms with E-state index in [4.69, 9.17) is 4.74 Å². The van der Waals surface area contributed by atoms with E-state index in [0.29, 0.717) is 18.0 Å². The molecule has 0 fully saturated rings. The molecule has 1 aliphatic rings. The van der Waals surface area contributed by atoms with E-state index in [1.165, 1.54) is 0 Å². The smallest absolute Gasteiger partial charge is 0.276 e. The molecule has 0 amide bonds. The first-order valence-electron chi connectivity index (χ1n) is 8.18. The number of methoxy groups -OCH3 is 1. The average molecular weight is 359 g/mol. The second-order valence-electron chi connectivity index (χ2n) is 6.06. The Morgan fingerprint density at radius 1 is 1.16 bits per heavy atom. The van der Waals surface area contributed by atoms with Gasteiger partial charge in [-0.3, -0.25) is 0 Å². The molecule has 1 heterocycles. The highest BCUT2D eigenvalue weighted by Crippen LogP contribution is 2.23. The van der Waals surface area contributed by atoms with E-state index < -0.39 is 10.0 Å². The Bertz CT molecular complexity index is 890. The van der Waals surface area contributed by atoms with Crippen LogP contribution in [0, 0.1) is 6.92 Å². The molecule has 1 aromatic carbocycles. The fraction of sp³-hybridized carbons (Fsp3) is 0.333. The maximum Gasteiger partial charge on any atom is 0.276 e. The largest absolute Gasteiger partial charge is 0.481 e. The van der Waals surface area contributed by atoms with E-state index in [9.17, 15) is 8.42 Å². The number of aromatic nitrogens is 1. The van der Waals surface area contributed by atoms with Gasteiger partial charge in [0.1, 0.15) is 0 Å². The second-order valence-corrected chi connectivity index (χ2v) is 7.72. The lowest BCUT2D eigenvalue weighted by molar-refractivity contribution is 0.397. The van der Waals surface area contributed by atoms with Crippen molar-refractivity contribution in [1.82, 2.24) is 9.82 Å². The number of nitrogens with zero attached hydrogens (tertiary/aromatic N) is 2. The van der Waals surface area contributed by atoms with Gasteiger partial charge in [0.2, 0.25) is 5.88 Å². The van der Waals surface area contributed by atoms with E-state index in [1.807, 2.05) is 13.0 Å². The van der Waals surface area contributed by atoms with Gasteiger partial charge in [0.25, 0.3) is 10.0 Å². The second kappa shape index (κ2) is 7.23. The molecule has 0 radical (unpaired) electrons. The van der Waals surface area contributed by atoms with Gasteiger partial charge in [-0.2, -0.15) is 18.4 Å². The van der Waals surface area contributed by atoms with Gasteiger partial charge < -0.3 is 4.74 Å². The third kappa shape index (κ3) is 3.99. The third-order valence-electron chi connectivity index (χ3n) is 4.23. The molecule has 0 aliphatic heterocycles. The molecular weight excluding hydrogens is 338 g/mol. The summed E-state index contributed by atoms with van der Waals surface area (Å²) in [6.07, 6.45) is 5.28. The first-order chi connectivity index (χ1) is 12.0. The van der Waals surface area contributed by atoms with Crippen LogP contribution in [0.4, 0.5) is 0 Å². The van der Waals surface area contributed by atoms with Gasteiger partial charge in [-0.25, -0.2) is 4.98 Å². The van der Waals surface area contributed by atoms with Gasteiger partial charge in [0, 0.05) is 17.8 Å². The molecule has 132 valence electrons. The van der Waals surface area contributed by atoms with Crippen LogP contribution in [0.3, 0.4) is 0 Å². The summed E-state index contributed by atoms with van der Waals surface area (Å²) < 4.78 is 30.0. The maximum atomic E-state index is 12.4. The zero-order chi connectivity index (χ0) is 17.9. The van der Waals surface area contributed by atoms with Crippen LogP contribution in [0.2, 0.25) is 0 Å². The first kappa shape index (κ1) is 17.4. The number of benzene rings is 1. The highest BCUT2D eigenvalue weighted by molar-refractivity contribution is 7.89. The molecular formula is C18H21N3O3S. The minimum atomic E-state index is -3.69. The summed E-state index contributed by atoms with van der Waals surface area (Å²) in [5, 5.41) is 4.21. The van der Waals surface area contributed by atoms with Crippen molar-refractivity contribution in [2.24, 2.45) is 5.10 Å². The Balaban J connectivity index is 1.90. The number of hydrazone groups is 1. The Morgan fingerprint density at radius 2 is 1.88 bits per heavy atom. The highest BCUT2D eigenvalue weighted by atomic mass is 32.2. The van der Waals surface area contributed by atoms with E-state index in [2.05, 4.69) is 14.9 Å². The summed E-state index contributed by atoms with van der Waals surface area (Å²) in [5.74, 6) is 0.556. The van der Waals surface area contributed by atoms with Gasteiger partial charge in [-0.1, -0.05) is 17.7 Å². The lowest BCUT2D eigenvalue weighted by atomic mass is 10.0. The third-order valence-corrected chi connectivity index (χ3v) is 5.45. The monoisotopic (exact) mass is 359 g/mol. The number of fused-ring (bicyclic) bond motifs is 1. The van der Waals surface area contributed by atoms with Crippen molar-refractivity contribution in [1.29, 1.82) is 0 Å². The fourth-order valence-electron chi connectivity index (χ4n) is 2.80. The van der Waals surface area contributed by atoms with Crippen molar-refractivity contribution in [2.45, 2.75) is 37.5 Å². The zero-order valence-corrected chi connectivity index (χ0v) is 15.1. The van der Waals surface area contributed by atoms with Crippen molar-refractivity contribution in [2.75, 3.05) is 7.11 Å². The number of ether oxygens (including phenoxy) is 1. The topological polar surface area (TPSA) is 80.7 Å². The minimum absolute atomic E-state index is 0.198. The molecule has 0 atom stereocenters. The van der Waals surface area contributed by atoms with Gasteiger partial charge >= 0.3 is 0 Å². The quantitative estimate of drug-likeness (QED) is 0.672. The Kier molecular flexibility index (Phi) is 5.03. The van der Waals surface area contributed by atoms with Crippen molar-refractivity contribution in [3.8, 4) is 5.88 Å². The van der Waals surface area contributed by atoms with Crippen molar-refractivity contribution < 1.29 is 13.2 Å². The van der Waals surface area contributed by atoms with Crippen LogP contribution < -0.4 is 9.57 Å². The van der Waals surface area contributed by atoms with Crippen LogP contribution in [0.5, 0.6) is 5.88 Å². The van der Waals surface area contributed by atoms with Crippen molar-refractivity contribution >= 4 is 15.7 Å². The van der Waals surface area contributed by atoms with Crippen LogP contribution in [-0.2, 0) is 16.4 Å². The summed E-state index contributed by atoms with van der Waals surface area (Å²) in [6, 6.07) is 8.57. The number of hydrogen-bond donors (Lipinski definition) is 1. The standard InChI is InChI=1S/C18H21N3O3S/c1-13-7-9-15(10-8-13)25(22,23)21-20-17-6-4-3-5-14-11-18(24-2)19-12-16(14)17/h7-12,21H,3-6H2,1-2H3/b20-17+. The van der Waals surface area contributed by atoms with Gasteiger partial charge in [-0.05, 0) is 50.3 Å². The van der Waals surface area contributed by atoms with E-state index in [1.54, 1.807) is 37.6 Å². The van der Waals surface area contributed by atoms with Crippen molar-refractivity contribution in [3.63, 3.8) is 0 Å². The van der Waals surface area contributed by atoms with Crippen molar-refractivity contribution in [3.05, 3.63) is 53.2 Å². The SMILES string of the molecule is COc1cc2c(cn1)/C(=N/NS(=O)(=O)c1ccc(C)cc1)CCCC2. The zero-order valence-electron chi connectivity index (χ0n) is 14.3. The number of sulfonamides is 1. The fourth-order valence-corrected chi connectivity index (χ4v) is 3.63. The molecule has 0 bridgehead atoms. The maximum absolute atomic E-state index is 12.4. The van der Waals surface area contributed by atoms with Gasteiger partial charge in [0.05, 0.1) is 17.7 Å². The van der Waals surface area contributed by atoms with Gasteiger partial charge in [-0.15, -0.1) is 0 Å². The summed E-state index contributed by atoms with van der Waals surface area (Å²) in [4.78, 5) is 6.80. The number of pyridine rings is 1. The number of nitrogens with one attached hydrogen (secondary N) is 1. The molecule has 7 heteroatoms. The lowest BCUT2D eigenvalue weighted by Crippen LogP contribution is -2.21. The molecule has 0 unspecified atom stereocenters. The Morgan fingerprint density at radius 3 is 2.60 bits per heavy atom. The minimum Gasteiger partial charge on any atom is -0.481 e. The molecule has 6 nitrogen and oxygen atoms in total. The summed E-state index contributed by atoms with van der Waals surface area (Å²) >= 11 is 0. The Hall–Kier alpha value is -2.41. The molecule has 1 N–H and O–H groups in total. The molecule has 25 heavy (non-hydrogen) atoms. The Labute approximate surface area is 148 Å². The number of rotatable bonds is 4. The molecule has 0 spiro atoms. The van der Waals surface area contributed by atoms with Crippen LogP contribution in [-0.4, -0.2) is 26.2 Å². The summed E-state index contributed by atoms with van der Waals surface area (Å²) in [6.45, 7) is 1.91. The normalized spacial score (nSPS) is 16.2. The van der Waals surface area contributed by atoms with E-state index in [-0.39, 0.29) is 4.90 Å². The molecule has 0 saturated heterocycles. The van der Waals surface area contributed by atoms with Crippen LogP contribution >= 0.6 is 0 Å². The van der Waals surface area contributed by atoms with Crippen LogP contribution in [0.15, 0.2) is 46.5 Å². The lowest BCUT2D eigenvalue weighted by Gasteiger charge is -2.10. The molecule has 3 rings (SSSR count). The highest BCUT2D eigenvalue weighted by Gasteiger charge is 2.18. The first-order valence-corrected chi connectivity index (χ1v) is 9.66. The predicted octanol–water partition coefficient (Wildman–Crippen LogP) is 2.81. The van der Waals surface area contributed by atoms with Crippen LogP contribution in [0.25, 0.3) is 0 Å². The van der Waals surface area contributed by atoms with Crippen LogP contribution in [0.1, 0.15) is 36.0 Å².